The molecule has 0 saturated carbocycles. The van der Waals surface area contributed by atoms with Gasteiger partial charge in [0.2, 0.25) is 0 Å². The van der Waals surface area contributed by atoms with Gasteiger partial charge in [0.25, 0.3) is 0 Å². The summed E-state index contributed by atoms with van der Waals surface area (Å²) in [6, 6.07) is 0. The molecule has 406 valence electrons. The number of hydrogen-bond acceptors (Lipinski definition) is 6. The van der Waals surface area contributed by atoms with Crippen molar-refractivity contribution in [3.8, 4) is 0 Å². The maximum absolute atomic E-state index is 12.8. The SMILES string of the molecule is CC/C=C\C/C=C\C/C=C\C/C=C\C/C=C\CCCCCC(=O)OC(COC(=O)CCCCCCCCC)COC(=O)CCCCCCCCCCCCCCCCCCCCCCCCCCCC. The molecule has 0 fully saturated rings. The molecule has 0 aromatic rings. The zero-order valence-corrected chi connectivity index (χ0v) is 46.5. The molecule has 70 heavy (non-hydrogen) atoms. The summed E-state index contributed by atoms with van der Waals surface area (Å²) in [7, 11) is 0. The van der Waals surface area contributed by atoms with Crippen molar-refractivity contribution >= 4 is 17.9 Å². The third-order valence-corrected chi connectivity index (χ3v) is 13.3. The fourth-order valence-corrected chi connectivity index (χ4v) is 8.77. The number of carbonyl (C=O) groups excluding carboxylic acids is 3. The van der Waals surface area contributed by atoms with E-state index in [4.69, 9.17) is 14.2 Å². The molecule has 0 bridgehead atoms. The highest BCUT2D eigenvalue weighted by Crippen LogP contribution is 2.17. The third-order valence-electron chi connectivity index (χ3n) is 13.3. The molecule has 6 heteroatoms. The van der Waals surface area contributed by atoms with Crippen molar-refractivity contribution < 1.29 is 28.6 Å². The van der Waals surface area contributed by atoms with Crippen LogP contribution in [0.1, 0.15) is 310 Å². The summed E-state index contributed by atoms with van der Waals surface area (Å²) in [4.78, 5) is 38.0. The number of carbonyl (C=O) groups is 3. The Balaban J connectivity index is 4.14. The van der Waals surface area contributed by atoms with Gasteiger partial charge in [-0.05, 0) is 64.2 Å². The highest BCUT2D eigenvalue weighted by atomic mass is 16.6. The van der Waals surface area contributed by atoms with E-state index in [-0.39, 0.29) is 31.1 Å². The number of rotatable bonds is 55. The van der Waals surface area contributed by atoms with Crippen molar-refractivity contribution in [2.24, 2.45) is 0 Å². The fourth-order valence-electron chi connectivity index (χ4n) is 8.77. The second-order valence-corrected chi connectivity index (χ2v) is 20.2. The highest BCUT2D eigenvalue weighted by Gasteiger charge is 2.19. The normalized spacial score (nSPS) is 12.4. The molecular formula is C64H114O6. The number of esters is 3. The van der Waals surface area contributed by atoms with Gasteiger partial charge >= 0.3 is 17.9 Å². The summed E-state index contributed by atoms with van der Waals surface area (Å²) < 4.78 is 16.8. The fraction of sp³-hybridized carbons (Fsp3) is 0.797. The number of hydrogen-bond donors (Lipinski definition) is 0. The van der Waals surface area contributed by atoms with Gasteiger partial charge in [0.1, 0.15) is 13.2 Å². The largest absolute Gasteiger partial charge is 0.462 e. The van der Waals surface area contributed by atoms with Crippen LogP contribution in [0.15, 0.2) is 60.8 Å². The van der Waals surface area contributed by atoms with E-state index < -0.39 is 6.10 Å². The molecule has 0 radical (unpaired) electrons. The summed E-state index contributed by atoms with van der Waals surface area (Å²) in [5, 5.41) is 0. The zero-order valence-electron chi connectivity index (χ0n) is 46.5. The Morgan fingerprint density at radius 1 is 0.300 bits per heavy atom. The van der Waals surface area contributed by atoms with E-state index in [1.807, 2.05) is 0 Å². The van der Waals surface area contributed by atoms with E-state index >= 15 is 0 Å². The van der Waals surface area contributed by atoms with E-state index in [0.29, 0.717) is 19.3 Å². The maximum atomic E-state index is 12.8. The molecule has 0 spiro atoms. The van der Waals surface area contributed by atoms with Crippen LogP contribution in [0.25, 0.3) is 0 Å². The lowest BCUT2D eigenvalue weighted by atomic mass is 10.0. The molecule has 6 nitrogen and oxygen atoms in total. The number of allylic oxidation sites excluding steroid dienone is 10. The first-order valence-electron chi connectivity index (χ1n) is 30.3. The van der Waals surface area contributed by atoms with Gasteiger partial charge < -0.3 is 14.2 Å². The van der Waals surface area contributed by atoms with Crippen molar-refractivity contribution in [3.05, 3.63) is 60.8 Å². The number of unbranched alkanes of at least 4 members (excludes halogenated alkanes) is 34. The summed E-state index contributed by atoms with van der Waals surface area (Å²) in [6.07, 6.45) is 74.0. The minimum atomic E-state index is -0.787. The second-order valence-electron chi connectivity index (χ2n) is 20.2. The molecule has 0 aliphatic heterocycles. The van der Waals surface area contributed by atoms with Gasteiger partial charge in [-0.15, -0.1) is 0 Å². The van der Waals surface area contributed by atoms with Crippen molar-refractivity contribution in [1.29, 1.82) is 0 Å². The Bertz CT molecular complexity index is 1260. The van der Waals surface area contributed by atoms with Crippen LogP contribution in [0, 0.1) is 0 Å². The standard InChI is InChI=1S/C64H114O6/c1-4-7-10-13-16-18-20-22-24-26-28-29-30-31-32-33-34-36-37-39-41-43-45-48-51-54-57-63(66)69-60-61(59-68-62(65)56-53-50-47-15-12-9-6-3)70-64(67)58-55-52-49-46-44-42-40-38-35-27-25-23-21-19-17-14-11-8-5-2/h8,11,17,19,23,25,35,38,42,44,61H,4-7,9-10,12-16,18,20-22,24,26-34,36-37,39-41,43,45-60H2,1-3H3/b11-8-,19-17-,25-23-,38-35-,44-42-. The van der Waals surface area contributed by atoms with Crippen LogP contribution in [0.2, 0.25) is 0 Å². The predicted molar refractivity (Wildman–Crippen MR) is 302 cm³/mol. The van der Waals surface area contributed by atoms with E-state index in [2.05, 4.69) is 81.5 Å². The molecule has 0 aliphatic carbocycles. The molecule has 0 amide bonds. The highest BCUT2D eigenvalue weighted by molar-refractivity contribution is 5.71. The molecule has 0 N–H and O–H groups in total. The average molecular weight is 980 g/mol. The summed E-state index contributed by atoms with van der Waals surface area (Å²) in [6.45, 7) is 6.49. The van der Waals surface area contributed by atoms with Gasteiger partial charge in [-0.1, -0.05) is 287 Å². The van der Waals surface area contributed by atoms with Crippen LogP contribution >= 0.6 is 0 Å². The Morgan fingerprint density at radius 2 is 0.557 bits per heavy atom. The van der Waals surface area contributed by atoms with Crippen LogP contribution in [0.5, 0.6) is 0 Å². The van der Waals surface area contributed by atoms with Gasteiger partial charge in [-0.25, -0.2) is 0 Å². The Hall–Kier alpha value is -2.89. The molecule has 0 rings (SSSR count). The van der Waals surface area contributed by atoms with Crippen LogP contribution in [-0.4, -0.2) is 37.2 Å². The molecule has 0 aromatic heterocycles. The Labute approximate surface area is 434 Å². The maximum Gasteiger partial charge on any atom is 0.306 e. The van der Waals surface area contributed by atoms with Gasteiger partial charge in [-0.3, -0.25) is 14.4 Å². The molecule has 0 aromatic carbocycles. The quantitative estimate of drug-likeness (QED) is 0.0261. The summed E-state index contributed by atoms with van der Waals surface area (Å²) in [5.41, 5.74) is 0. The lowest BCUT2D eigenvalue weighted by Gasteiger charge is -2.18. The molecular weight excluding hydrogens is 865 g/mol. The van der Waals surface area contributed by atoms with E-state index in [1.165, 1.54) is 173 Å². The monoisotopic (exact) mass is 979 g/mol. The minimum Gasteiger partial charge on any atom is -0.462 e. The van der Waals surface area contributed by atoms with E-state index in [0.717, 1.165) is 96.3 Å². The van der Waals surface area contributed by atoms with Gasteiger partial charge in [-0.2, -0.15) is 0 Å². The molecule has 0 aliphatic rings. The molecule has 0 saturated heterocycles. The Kier molecular flexibility index (Phi) is 56.3. The smallest absolute Gasteiger partial charge is 0.306 e. The lowest BCUT2D eigenvalue weighted by Crippen LogP contribution is -2.30. The van der Waals surface area contributed by atoms with Crippen molar-refractivity contribution in [2.45, 2.75) is 316 Å². The van der Waals surface area contributed by atoms with E-state index in [9.17, 15) is 14.4 Å². The predicted octanol–water partition coefficient (Wildman–Crippen LogP) is 20.4. The van der Waals surface area contributed by atoms with Crippen molar-refractivity contribution in [2.75, 3.05) is 13.2 Å². The lowest BCUT2D eigenvalue weighted by molar-refractivity contribution is -0.167. The zero-order chi connectivity index (χ0) is 50.7. The van der Waals surface area contributed by atoms with Gasteiger partial charge in [0, 0.05) is 19.3 Å². The van der Waals surface area contributed by atoms with Gasteiger partial charge in [0.15, 0.2) is 6.10 Å². The molecule has 1 unspecified atom stereocenters. The first-order chi connectivity index (χ1) is 34.5. The van der Waals surface area contributed by atoms with Crippen molar-refractivity contribution in [1.82, 2.24) is 0 Å². The molecule has 0 heterocycles. The van der Waals surface area contributed by atoms with Crippen LogP contribution in [-0.2, 0) is 28.6 Å². The third kappa shape index (κ3) is 56.0. The average Bonchev–Trinajstić information content (AvgIpc) is 3.36. The first-order valence-corrected chi connectivity index (χ1v) is 30.3. The first kappa shape index (κ1) is 67.1. The Morgan fingerprint density at radius 3 is 0.871 bits per heavy atom. The van der Waals surface area contributed by atoms with Crippen LogP contribution in [0.3, 0.4) is 0 Å². The van der Waals surface area contributed by atoms with Crippen LogP contribution in [0.4, 0.5) is 0 Å². The topological polar surface area (TPSA) is 78.9 Å². The van der Waals surface area contributed by atoms with E-state index in [1.54, 1.807) is 0 Å². The van der Waals surface area contributed by atoms with Crippen molar-refractivity contribution in [3.63, 3.8) is 0 Å². The minimum absolute atomic E-state index is 0.0845. The molecule has 1 atom stereocenters. The number of ether oxygens (including phenoxy) is 3. The second kappa shape index (κ2) is 58.7. The summed E-state index contributed by atoms with van der Waals surface area (Å²) >= 11 is 0. The van der Waals surface area contributed by atoms with Gasteiger partial charge in [0.05, 0.1) is 0 Å². The van der Waals surface area contributed by atoms with Crippen LogP contribution < -0.4 is 0 Å². The summed E-state index contributed by atoms with van der Waals surface area (Å²) in [5.74, 6) is -0.911.